The lowest BCUT2D eigenvalue weighted by atomic mass is 10.2. The van der Waals surface area contributed by atoms with Crippen LogP contribution in [0.2, 0.25) is 0 Å². The fourth-order valence-electron chi connectivity index (χ4n) is 1.75. The van der Waals surface area contributed by atoms with Crippen molar-refractivity contribution in [2.75, 3.05) is 7.05 Å². The van der Waals surface area contributed by atoms with Gasteiger partial charge in [0.25, 0.3) is 0 Å². The van der Waals surface area contributed by atoms with Gasteiger partial charge in [-0.25, -0.2) is 17.8 Å². The quantitative estimate of drug-likeness (QED) is 0.872. The minimum absolute atomic E-state index is 0.0888. The highest BCUT2D eigenvalue weighted by atomic mass is 32.2. The first-order valence-electron chi connectivity index (χ1n) is 5.94. The highest BCUT2D eigenvalue weighted by Gasteiger charge is 2.22. The van der Waals surface area contributed by atoms with Crippen LogP contribution in [0.3, 0.4) is 0 Å². The molecule has 108 valence electrons. The molecular formula is C13H15FN2O2S2. The molecule has 0 saturated carbocycles. The lowest BCUT2D eigenvalue weighted by Crippen LogP contribution is -2.26. The predicted octanol–water partition coefficient (Wildman–Crippen LogP) is 2.72. The van der Waals surface area contributed by atoms with E-state index in [1.165, 1.54) is 47.8 Å². The first-order chi connectivity index (χ1) is 9.30. The van der Waals surface area contributed by atoms with E-state index >= 15 is 0 Å². The molecule has 0 bridgehead atoms. The summed E-state index contributed by atoms with van der Waals surface area (Å²) in [6.07, 6.45) is 0. The molecule has 0 unspecified atom stereocenters. The molecule has 1 heterocycles. The van der Waals surface area contributed by atoms with Crippen LogP contribution in [0, 0.1) is 19.7 Å². The molecule has 0 aliphatic rings. The summed E-state index contributed by atoms with van der Waals surface area (Å²) in [5, 5.41) is 2.72. The summed E-state index contributed by atoms with van der Waals surface area (Å²) in [5.74, 6) is -0.415. The zero-order valence-electron chi connectivity index (χ0n) is 11.4. The number of rotatable bonds is 4. The normalized spacial score (nSPS) is 12.1. The van der Waals surface area contributed by atoms with Crippen molar-refractivity contribution in [1.29, 1.82) is 0 Å². The van der Waals surface area contributed by atoms with Crippen LogP contribution in [0.15, 0.2) is 28.5 Å². The van der Waals surface area contributed by atoms with E-state index in [-0.39, 0.29) is 11.4 Å². The van der Waals surface area contributed by atoms with Crippen LogP contribution in [0.4, 0.5) is 4.39 Å². The summed E-state index contributed by atoms with van der Waals surface area (Å²) >= 11 is 1.48. The van der Waals surface area contributed by atoms with Crippen LogP contribution >= 0.6 is 11.3 Å². The number of aryl methyl sites for hydroxylation is 2. The highest BCUT2D eigenvalue weighted by molar-refractivity contribution is 7.89. The molecule has 20 heavy (non-hydrogen) atoms. The van der Waals surface area contributed by atoms with Gasteiger partial charge in [0, 0.05) is 12.4 Å². The average molecular weight is 314 g/mol. The summed E-state index contributed by atoms with van der Waals surface area (Å²) in [4.78, 5) is 4.33. The topological polar surface area (TPSA) is 50.3 Å². The fraction of sp³-hybridized carbons (Fsp3) is 0.308. The predicted molar refractivity (Wildman–Crippen MR) is 76.6 cm³/mol. The van der Waals surface area contributed by atoms with Gasteiger partial charge in [-0.15, -0.1) is 11.3 Å². The molecule has 7 heteroatoms. The molecule has 1 aromatic carbocycles. The second kappa shape index (κ2) is 5.59. The van der Waals surface area contributed by atoms with E-state index in [1.807, 2.05) is 12.3 Å². The van der Waals surface area contributed by atoms with Crippen LogP contribution < -0.4 is 0 Å². The SMILES string of the molecule is Cc1nc(CN(C)S(=O)(=O)c2ccc(F)c(C)c2)cs1. The smallest absolute Gasteiger partial charge is 0.243 e. The van der Waals surface area contributed by atoms with Crippen LogP contribution in [-0.2, 0) is 16.6 Å². The summed E-state index contributed by atoms with van der Waals surface area (Å²) < 4.78 is 39.2. The zero-order chi connectivity index (χ0) is 14.9. The molecule has 0 atom stereocenters. The van der Waals surface area contributed by atoms with Crippen molar-refractivity contribution < 1.29 is 12.8 Å². The molecule has 0 fully saturated rings. The second-order valence-corrected chi connectivity index (χ2v) is 7.64. The highest BCUT2D eigenvalue weighted by Crippen LogP contribution is 2.20. The molecule has 0 aliphatic carbocycles. The first-order valence-corrected chi connectivity index (χ1v) is 8.26. The molecule has 0 aliphatic heterocycles. The van der Waals surface area contributed by atoms with Crippen molar-refractivity contribution in [3.63, 3.8) is 0 Å². The minimum atomic E-state index is -3.64. The van der Waals surface area contributed by atoms with Gasteiger partial charge in [0.05, 0.1) is 22.1 Å². The van der Waals surface area contributed by atoms with Gasteiger partial charge in [-0.1, -0.05) is 0 Å². The van der Waals surface area contributed by atoms with E-state index in [0.717, 1.165) is 5.01 Å². The maximum absolute atomic E-state index is 13.2. The fourth-order valence-corrected chi connectivity index (χ4v) is 3.58. The first kappa shape index (κ1) is 15.1. The molecule has 0 spiro atoms. The van der Waals surface area contributed by atoms with Gasteiger partial charge in [-0.3, -0.25) is 0 Å². The number of sulfonamides is 1. The molecule has 2 aromatic rings. The molecule has 0 N–H and O–H groups in total. The number of halogens is 1. The van der Waals surface area contributed by atoms with Gasteiger partial charge >= 0.3 is 0 Å². The maximum atomic E-state index is 13.2. The Hall–Kier alpha value is -1.31. The molecule has 0 radical (unpaired) electrons. The number of thiazole rings is 1. The van der Waals surface area contributed by atoms with Crippen LogP contribution in [0.5, 0.6) is 0 Å². The van der Waals surface area contributed by atoms with Gasteiger partial charge in [-0.05, 0) is 37.6 Å². The van der Waals surface area contributed by atoms with Gasteiger partial charge in [0.15, 0.2) is 0 Å². The van der Waals surface area contributed by atoms with Crippen molar-refractivity contribution in [3.8, 4) is 0 Å². The van der Waals surface area contributed by atoms with Crippen LogP contribution in [-0.4, -0.2) is 24.8 Å². The molecule has 0 saturated heterocycles. The number of nitrogens with zero attached hydrogens (tertiary/aromatic N) is 2. The molecule has 4 nitrogen and oxygen atoms in total. The minimum Gasteiger partial charge on any atom is -0.245 e. The summed E-state index contributed by atoms with van der Waals surface area (Å²) in [6, 6.07) is 3.79. The van der Waals surface area contributed by atoms with Gasteiger partial charge < -0.3 is 0 Å². The number of aromatic nitrogens is 1. The third-order valence-electron chi connectivity index (χ3n) is 2.89. The third kappa shape index (κ3) is 3.05. The second-order valence-electron chi connectivity index (χ2n) is 4.53. The van der Waals surface area contributed by atoms with Crippen LogP contribution in [0.1, 0.15) is 16.3 Å². The lowest BCUT2D eigenvalue weighted by molar-refractivity contribution is 0.462. The Morgan fingerprint density at radius 3 is 2.60 bits per heavy atom. The largest absolute Gasteiger partial charge is 0.245 e. The average Bonchev–Trinajstić information content (AvgIpc) is 2.78. The van der Waals surface area contributed by atoms with E-state index in [9.17, 15) is 12.8 Å². The van der Waals surface area contributed by atoms with E-state index in [4.69, 9.17) is 0 Å². The Bertz CT molecular complexity index is 726. The Morgan fingerprint density at radius 2 is 2.05 bits per heavy atom. The van der Waals surface area contributed by atoms with Gasteiger partial charge in [0.1, 0.15) is 5.82 Å². The maximum Gasteiger partial charge on any atom is 0.243 e. The number of hydrogen-bond acceptors (Lipinski definition) is 4. The van der Waals surface area contributed by atoms with E-state index in [1.54, 1.807) is 0 Å². The molecule has 0 amide bonds. The van der Waals surface area contributed by atoms with Crippen molar-refractivity contribution in [2.45, 2.75) is 25.3 Å². The molecule has 1 aromatic heterocycles. The van der Waals surface area contributed by atoms with E-state index < -0.39 is 15.8 Å². The Balaban J connectivity index is 2.27. The Morgan fingerprint density at radius 1 is 1.35 bits per heavy atom. The molecule has 2 rings (SSSR count). The van der Waals surface area contributed by atoms with Crippen molar-refractivity contribution in [3.05, 3.63) is 45.7 Å². The summed E-state index contributed by atoms with van der Waals surface area (Å²) in [5.41, 5.74) is 1.02. The summed E-state index contributed by atoms with van der Waals surface area (Å²) in [7, 11) is -2.15. The lowest BCUT2D eigenvalue weighted by Gasteiger charge is -2.16. The van der Waals surface area contributed by atoms with Crippen LogP contribution in [0.25, 0.3) is 0 Å². The van der Waals surface area contributed by atoms with Gasteiger partial charge in [0.2, 0.25) is 10.0 Å². The van der Waals surface area contributed by atoms with Crippen molar-refractivity contribution in [1.82, 2.24) is 9.29 Å². The zero-order valence-corrected chi connectivity index (χ0v) is 13.1. The number of benzene rings is 1. The standard InChI is InChI=1S/C13H15FN2O2S2/c1-9-6-12(4-5-13(9)14)20(17,18)16(3)7-11-8-19-10(2)15-11/h4-6,8H,7H2,1-3H3. The van der Waals surface area contributed by atoms with E-state index in [2.05, 4.69) is 4.98 Å². The Labute approximate surface area is 121 Å². The Kier molecular flexibility index (Phi) is 4.22. The van der Waals surface area contributed by atoms with Crippen molar-refractivity contribution in [2.24, 2.45) is 0 Å². The van der Waals surface area contributed by atoms with E-state index in [0.29, 0.717) is 11.3 Å². The third-order valence-corrected chi connectivity index (χ3v) is 5.51. The van der Waals surface area contributed by atoms with Crippen molar-refractivity contribution >= 4 is 21.4 Å². The number of hydrogen-bond donors (Lipinski definition) is 0. The molecular weight excluding hydrogens is 299 g/mol. The summed E-state index contributed by atoms with van der Waals surface area (Å²) in [6.45, 7) is 3.60. The van der Waals surface area contributed by atoms with Gasteiger partial charge in [-0.2, -0.15) is 4.31 Å². The monoisotopic (exact) mass is 314 g/mol.